The van der Waals surface area contributed by atoms with Crippen LogP contribution in [0.1, 0.15) is 53.0 Å². The van der Waals surface area contributed by atoms with Gasteiger partial charge in [-0.2, -0.15) is 5.10 Å². The molecule has 0 saturated carbocycles. The van der Waals surface area contributed by atoms with E-state index in [1.807, 2.05) is 42.1 Å². The number of fused-ring (bicyclic) bond motifs is 1. The van der Waals surface area contributed by atoms with Gasteiger partial charge in [0.25, 0.3) is 5.91 Å². The highest BCUT2D eigenvalue weighted by atomic mass is 16.2. The second-order valence-corrected chi connectivity index (χ2v) is 8.75. The number of carbonyl (C=O) groups is 1. The maximum atomic E-state index is 13.3. The van der Waals surface area contributed by atoms with Crippen LogP contribution in [0.3, 0.4) is 0 Å². The Hall–Kier alpha value is -3.08. The van der Waals surface area contributed by atoms with Gasteiger partial charge in [0.05, 0.1) is 5.69 Å². The minimum Gasteiger partial charge on any atom is -0.372 e. The standard InChI is InChI=1S/C26H30N4O/c1-28(19-20-13-15-21(16-14-20)29-17-6-3-7-18-29)26(31)25-23-11-8-12-24(23)30(27-25)22-9-4-2-5-10-22/h2,4-5,9-10,13-16H,3,6-8,11-12,17-19H2,1H3. The number of hydrogen-bond donors (Lipinski definition) is 0. The summed E-state index contributed by atoms with van der Waals surface area (Å²) in [6, 6.07) is 18.8. The number of para-hydroxylation sites is 1. The summed E-state index contributed by atoms with van der Waals surface area (Å²) in [5.74, 6) is 0.00735. The van der Waals surface area contributed by atoms with Crippen molar-refractivity contribution < 1.29 is 4.79 Å². The highest BCUT2D eigenvalue weighted by Gasteiger charge is 2.28. The molecule has 3 aromatic rings. The zero-order valence-electron chi connectivity index (χ0n) is 18.3. The molecule has 0 radical (unpaired) electrons. The van der Waals surface area contributed by atoms with E-state index in [4.69, 9.17) is 5.10 Å². The van der Waals surface area contributed by atoms with Crippen LogP contribution in [-0.2, 0) is 19.4 Å². The Morgan fingerprint density at radius 1 is 0.903 bits per heavy atom. The third-order valence-electron chi connectivity index (χ3n) is 6.56. The molecule has 1 aliphatic heterocycles. The van der Waals surface area contributed by atoms with E-state index in [0.29, 0.717) is 12.2 Å². The minimum atomic E-state index is 0.00735. The van der Waals surface area contributed by atoms with Crippen LogP contribution in [0.2, 0.25) is 0 Å². The molecule has 1 saturated heterocycles. The lowest BCUT2D eigenvalue weighted by Crippen LogP contribution is -2.29. The lowest BCUT2D eigenvalue weighted by atomic mass is 10.1. The fourth-order valence-corrected chi connectivity index (χ4v) is 4.88. The van der Waals surface area contributed by atoms with Gasteiger partial charge in [0, 0.05) is 43.6 Å². The van der Waals surface area contributed by atoms with E-state index < -0.39 is 0 Å². The molecule has 5 nitrogen and oxygen atoms in total. The molecule has 5 rings (SSSR count). The molecule has 0 bridgehead atoms. The summed E-state index contributed by atoms with van der Waals surface area (Å²) in [5, 5.41) is 4.76. The number of aromatic nitrogens is 2. The maximum absolute atomic E-state index is 13.3. The molecule has 1 aliphatic carbocycles. The van der Waals surface area contributed by atoms with Gasteiger partial charge in [-0.05, 0) is 68.4 Å². The van der Waals surface area contributed by atoms with E-state index in [9.17, 15) is 4.79 Å². The van der Waals surface area contributed by atoms with E-state index in [-0.39, 0.29) is 5.91 Å². The predicted octanol–water partition coefficient (Wildman–Crippen LogP) is 4.62. The number of nitrogens with zero attached hydrogens (tertiary/aromatic N) is 4. The Balaban J connectivity index is 1.32. The molecular formula is C26H30N4O. The second-order valence-electron chi connectivity index (χ2n) is 8.75. The van der Waals surface area contributed by atoms with Crippen molar-refractivity contribution in [1.29, 1.82) is 0 Å². The SMILES string of the molecule is CN(Cc1ccc(N2CCCCC2)cc1)C(=O)c1nn(-c2ccccc2)c2c1CCC2. The van der Waals surface area contributed by atoms with Crippen molar-refractivity contribution in [3.8, 4) is 5.69 Å². The Kier molecular flexibility index (Phi) is 5.49. The molecule has 5 heteroatoms. The van der Waals surface area contributed by atoms with Crippen LogP contribution in [-0.4, -0.2) is 40.7 Å². The van der Waals surface area contributed by atoms with Gasteiger partial charge in [-0.1, -0.05) is 30.3 Å². The highest BCUT2D eigenvalue weighted by Crippen LogP contribution is 2.29. The fourth-order valence-electron chi connectivity index (χ4n) is 4.88. The van der Waals surface area contributed by atoms with Crippen molar-refractivity contribution in [2.24, 2.45) is 0 Å². The van der Waals surface area contributed by atoms with Crippen molar-refractivity contribution in [3.05, 3.63) is 77.1 Å². The van der Waals surface area contributed by atoms with Gasteiger partial charge in [-0.15, -0.1) is 0 Å². The van der Waals surface area contributed by atoms with Crippen molar-refractivity contribution in [2.75, 3.05) is 25.0 Å². The first-order valence-electron chi connectivity index (χ1n) is 11.5. The molecule has 1 aromatic heterocycles. The summed E-state index contributed by atoms with van der Waals surface area (Å²) in [7, 11) is 1.88. The smallest absolute Gasteiger partial charge is 0.274 e. The molecule has 0 spiro atoms. The molecule has 1 fully saturated rings. The molecule has 0 atom stereocenters. The molecule has 2 heterocycles. The molecule has 31 heavy (non-hydrogen) atoms. The molecular weight excluding hydrogens is 384 g/mol. The van der Waals surface area contributed by atoms with Crippen LogP contribution in [0.4, 0.5) is 5.69 Å². The van der Waals surface area contributed by atoms with E-state index in [1.54, 1.807) is 4.90 Å². The average Bonchev–Trinajstić information content (AvgIpc) is 3.43. The molecule has 1 amide bonds. The molecule has 2 aromatic carbocycles. The van der Waals surface area contributed by atoms with E-state index in [1.165, 1.54) is 30.6 Å². The van der Waals surface area contributed by atoms with Crippen molar-refractivity contribution in [3.63, 3.8) is 0 Å². The Morgan fingerprint density at radius 3 is 2.39 bits per heavy atom. The lowest BCUT2D eigenvalue weighted by Gasteiger charge is -2.29. The number of amides is 1. The van der Waals surface area contributed by atoms with Gasteiger partial charge in [-0.25, -0.2) is 4.68 Å². The van der Waals surface area contributed by atoms with Crippen LogP contribution < -0.4 is 4.90 Å². The second kappa shape index (κ2) is 8.58. The number of benzene rings is 2. The number of anilines is 1. The summed E-state index contributed by atoms with van der Waals surface area (Å²) < 4.78 is 1.97. The van der Waals surface area contributed by atoms with Crippen molar-refractivity contribution in [2.45, 2.75) is 45.1 Å². The molecule has 160 valence electrons. The first kappa shape index (κ1) is 19.9. The Morgan fingerprint density at radius 2 is 1.65 bits per heavy atom. The van der Waals surface area contributed by atoms with Crippen LogP contribution in [0, 0.1) is 0 Å². The number of hydrogen-bond acceptors (Lipinski definition) is 3. The third kappa shape index (κ3) is 3.97. The predicted molar refractivity (Wildman–Crippen MR) is 124 cm³/mol. The van der Waals surface area contributed by atoms with Gasteiger partial charge in [0.1, 0.15) is 0 Å². The van der Waals surface area contributed by atoms with Crippen molar-refractivity contribution >= 4 is 11.6 Å². The molecule has 0 unspecified atom stereocenters. The summed E-state index contributed by atoms with van der Waals surface area (Å²) >= 11 is 0. The summed E-state index contributed by atoms with van der Waals surface area (Å²) in [6.45, 7) is 2.88. The van der Waals surface area contributed by atoms with Crippen LogP contribution in [0.25, 0.3) is 5.69 Å². The summed E-state index contributed by atoms with van der Waals surface area (Å²) in [5.41, 5.74) is 6.39. The third-order valence-corrected chi connectivity index (χ3v) is 6.56. The first-order chi connectivity index (χ1) is 15.2. The van der Waals surface area contributed by atoms with E-state index in [2.05, 4.69) is 29.2 Å². The maximum Gasteiger partial charge on any atom is 0.274 e. The van der Waals surface area contributed by atoms with E-state index >= 15 is 0 Å². The zero-order valence-corrected chi connectivity index (χ0v) is 18.3. The normalized spacial score (nSPS) is 15.7. The highest BCUT2D eigenvalue weighted by molar-refractivity contribution is 5.94. The van der Waals surface area contributed by atoms with Crippen molar-refractivity contribution in [1.82, 2.24) is 14.7 Å². The number of rotatable bonds is 5. The summed E-state index contributed by atoms with van der Waals surface area (Å²) in [6.07, 6.45) is 6.89. The van der Waals surface area contributed by atoms with Gasteiger partial charge in [0.15, 0.2) is 5.69 Å². The monoisotopic (exact) mass is 414 g/mol. The summed E-state index contributed by atoms with van der Waals surface area (Å²) in [4.78, 5) is 17.6. The van der Waals surface area contributed by atoms with Gasteiger partial charge in [0.2, 0.25) is 0 Å². The molecule has 0 N–H and O–H groups in total. The fraction of sp³-hybridized carbons (Fsp3) is 0.385. The zero-order chi connectivity index (χ0) is 21.2. The van der Waals surface area contributed by atoms with Crippen LogP contribution in [0.15, 0.2) is 54.6 Å². The van der Waals surface area contributed by atoms with Crippen LogP contribution >= 0.6 is 0 Å². The number of piperidine rings is 1. The average molecular weight is 415 g/mol. The minimum absolute atomic E-state index is 0.00735. The molecule has 2 aliphatic rings. The first-order valence-corrected chi connectivity index (χ1v) is 11.5. The number of carbonyl (C=O) groups excluding carboxylic acids is 1. The lowest BCUT2D eigenvalue weighted by molar-refractivity contribution is 0.0777. The topological polar surface area (TPSA) is 41.4 Å². The Bertz CT molecular complexity index is 1050. The van der Waals surface area contributed by atoms with Gasteiger partial charge in [-0.3, -0.25) is 4.79 Å². The van der Waals surface area contributed by atoms with E-state index in [0.717, 1.165) is 49.2 Å². The van der Waals surface area contributed by atoms with Gasteiger partial charge < -0.3 is 9.80 Å². The van der Waals surface area contributed by atoms with Crippen LogP contribution in [0.5, 0.6) is 0 Å². The Labute approximate surface area is 184 Å². The van der Waals surface area contributed by atoms with Gasteiger partial charge >= 0.3 is 0 Å². The quantitative estimate of drug-likeness (QED) is 0.612. The largest absolute Gasteiger partial charge is 0.372 e.